The van der Waals surface area contributed by atoms with Crippen molar-refractivity contribution in [2.45, 2.75) is 0 Å². The molecule has 1 heterocycles. The Bertz CT molecular complexity index is 758. The van der Waals surface area contributed by atoms with Gasteiger partial charge in [-0.05, 0) is 23.9 Å². The Balaban J connectivity index is 2.12. The van der Waals surface area contributed by atoms with Crippen LogP contribution in [0.4, 0.5) is 0 Å². The van der Waals surface area contributed by atoms with E-state index in [0.717, 1.165) is 16.4 Å². The lowest BCUT2D eigenvalue weighted by molar-refractivity contribution is -0.112. The van der Waals surface area contributed by atoms with Gasteiger partial charge in [0.25, 0.3) is 11.5 Å². The van der Waals surface area contributed by atoms with E-state index in [1.807, 2.05) is 30.3 Å². The summed E-state index contributed by atoms with van der Waals surface area (Å²) in [6.07, 6.45) is 3.84. The molecular weight excluding hydrogens is 276 g/mol. The molecule has 0 radical (unpaired) electrons. The van der Waals surface area contributed by atoms with Gasteiger partial charge in [-0.1, -0.05) is 30.3 Å². The van der Waals surface area contributed by atoms with Crippen molar-refractivity contribution < 1.29 is 4.79 Å². The molecule has 0 saturated carbocycles. The minimum absolute atomic E-state index is 0.00582. The van der Waals surface area contributed by atoms with Gasteiger partial charge in [0.15, 0.2) is 0 Å². The van der Waals surface area contributed by atoms with Crippen molar-refractivity contribution >= 4 is 24.2 Å². The van der Waals surface area contributed by atoms with Gasteiger partial charge in [0.2, 0.25) is 4.77 Å². The van der Waals surface area contributed by atoms with Crippen LogP contribution >= 0.6 is 12.2 Å². The van der Waals surface area contributed by atoms with E-state index in [1.165, 1.54) is 6.08 Å². The highest BCUT2D eigenvalue weighted by atomic mass is 32.1. The summed E-state index contributed by atoms with van der Waals surface area (Å²) in [4.78, 5) is 23.0. The molecule has 7 heteroatoms. The normalized spacial score (nSPS) is 9.40. The highest BCUT2D eigenvalue weighted by molar-refractivity contribution is 7.71. The number of nitrogens with one attached hydrogen (secondary N) is 2. The Labute approximate surface area is 119 Å². The van der Waals surface area contributed by atoms with Gasteiger partial charge in [-0.25, -0.2) is 0 Å². The Morgan fingerprint density at radius 2 is 2.15 bits per heavy atom. The van der Waals surface area contributed by atoms with Crippen molar-refractivity contribution in [3.8, 4) is 0 Å². The lowest BCUT2D eigenvalue weighted by Gasteiger charge is -2.03. The maximum Gasteiger partial charge on any atom is 0.292 e. The van der Waals surface area contributed by atoms with Crippen LogP contribution in [-0.2, 0) is 4.79 Å². The molecule has 0 aliphatic carbocycles. The zero-order valence-electron chi connectivity index (χ0n) is 10.2. The number of H-pyrrole nitrogens is 1. The van der Waals surface area contributed by atoms with Crippen molar-refractivity contribution in [2.75, 3.05) is 5.43 Å². The number of amides is 1. The first-order valence-electron chi connectivity index (χ1n) is 5.62. The Morgan fingerprint density at radius 3 is 2.85 bits per heavy atom. The molecule has 0 fully saturated rings. The molecular formula is C13H10N4O2S. The molecule has 0 spiro atoms. The maximum absolute atomic E-state index is 11.6. The maximum atomic E-state index is 11.6. The van der Waals surface area contributed by atoms with Gasteiger partial charge in [-0.2, -0.15) is 9.77 Å². The second kappa shape index (κ2) is 6.42. The first-order valence-corrected chi connectivity index (χ1v) is 6.03. The molecule has 0 saturated heterocycles. The van der Waals surface area contributed by atoms with Crippen molar-refractivity contribution in [3.05, 3.63) is 69.0 Å². The van der Waals surface area contributed by atoms with E-state index < -0.39 is 11.5 Å². The van der Waals surface area contributed by atoms with Gasteiger partial charge >= 0.3 is 0 Å². The van der Waals surface area contributed by atoms with Crippen molar-refractivity contribution in [3.63, 3.8) is 0 Å². The number of rotatable bonds is 3. The second-order valence-corrected chi connectivity index (χ2v) is 4.08. The van der Waals surface area contributed by atoms with Crippen LogP contribution in [0.5, 0.6) is 0 Å². The predicted octanol–water partition coefficient (Wildman–Crippen LogP) is 1.24. The fourth-order valence-electron chi connectivity index (χ4n) is 1.36. The lowest BCUT2D eigenvalue weighted by Crippen LogP contribution is -2.33. The van der Waals surface area contributed by atoms with Crippen LogP contribution in [0.1, 0.15) is 5.56 Å². The summed E-state index contributed by atoms with van der Waals surface area (Å²) < 4.78 is 0.900. The first kappa shape index (κ1) is 13.7. The Kier molecular flexibility index (Phi) is 4.39. The molecule has 0 aliphatic rings. The molecule has 0 atom stereocenters. The SMILES string of the molecule is O=C(C=C=Cc1ccccc1)Nn1c(=O)cn[nH]c1=S. The van der Waals surface area contributed by atoms with Crippen LogP contribution in [0.2, 0.25) is 0 Å². The smallest absolute Gasteiger partial charge is 0.267 e. The molecule has 0 unspecified atom stereocenters. The number of aromatic amines is 1. The number of aromatic nitrogens is 3. The van der Waals surface area contributed by atoms with E-state index in [4.69, 9.17) is 12.2 Å². The minimum atomic E-state index is -0.525. The van der Waals surface area contributed by atoms with Gasteiger partial charge in [-0.15, -0.1) is 5.73 Å². The summed E-state index contributed by atoms with van der Waals surface area (Å²) in [5.41, 5.74) is 5.43. The third-order valence-electron chi connectivity index (χ3n) is 2.24. The van der Waals surface area contributed by atoms with Crippen LogP contribution in [0.25, 0.3) is 6.08 Å². The molecule has 2 rings (SSSR count). The summed E-state index contributed by atoms with van der Waals surface area (Å²) in [5, 5.41) is 5.91. The molecule has 1 aromatic carbocycles. The Morgan fingerprint density at radius 1 is 1.40 bits per heavy atom. The van der Waals surface area contributed by atoms with Crippen LogP contribution in [0.15, 0.2) is 53.1 Å². The zero-order chi connectivity index (χ0) is 14.4. The van der Waals surface area contributed by atoms with Gasteiger partial charge in [0.05, 0.1) is 0 Å². The lowest BCUT2D eigenvalue weighted by atomic mass is 10.2. The second-order valence-electron chi connectivity index (χ2n) is 3.69. The molecule has 1 amide bonds. The standard InChI is InChI=1S/C13H10N4O2S/c18-11(8-4-7-10-5-2-1-3-6-10)16-17-12(19)9-14-15-13(17)20/h1-3,5-9H,(H,15,20)(H,16,18). The number of hydrogen-bond donors (Lipinski definition) is 2. The van der Waals surface area contributed by atoms with Crippen molar-refractivity contribution in [1.82, 2.24) is 14.9 Å². The minimum Gasteiger partial charge on any atom is -0.267 e. The molecule has 0 bridgehead atoms. The van der Waals surface area contributed by atoms with Gasteiger partial charge in [-0.3, -0.25) is 20.1 Å². The quantitative estimate of drug-likeness (QED) is 0.505. The summed E-state index contributed by atoms with van der Waals surface area (Å²) in [6.45, 7) is 0. The van der Waals surface area contributed by atoms with E-state index in [2.05, 4.69) is 21.4 Å². The van der Waals surface area contributed by atoms with Crippen LogP contribution in [0.3, 0.4) is 0 Å². The largest absolute Gasteiger partial charge is 0.292 e. The van der Waals surface area contributed by atoms with Crippen LogP contribution in [-0.4, -0.2) is 20.8 Å². The topological polar surface area (TPSA) is 79.8 Å². The van der Waals surface area contributed by atoms with E-state index in [9.17, 15) is 9.59 Å². The molecule has 20 heavy (non-hydrogen) atoms. The summed E-state index contributed by atoms with van der Waals surface area (Å²) in [7, 11) is 0. The highest BCUT2D eigenvalue weighted by Crippen LogP contribution is 1.99. The third kappa shape index (κ3) is 3.61. The number of carbonyl (C=O) groups excluding carboxylic acids is 1. The summed E-state index contributed by atoms with van der Waals surface area (Å²) in [5.74, 6) is -0.523. The van der Waals surface area contributed by atoms with Gasteiger partial charge < -0.3 is 0 Å². The summed E-state index contributed by atoms with van der Waals surface area (Å²) in [6, 6.07) is 9.41. The number of benzene rings is 1. The van der Waals surface area contributed by atoms with Crippen molar-refractivity contribution in [1.29, 1.82) is 0 Å². The molecule has 2 aromatic rings. The molecule has 0 aliphatic heterocycles. The number of hydrogen-bond acceptors (Lipinski definition) is 4. The molecule has 2 N–H and O–H groups in total. The van der Waals surface area contributed by atoms with Crippen LogP contribution in [0, 0.1) is 4.77 Å². The fourth-order valence-corrected chi connectivity index (χ4v) is 1.55. The number of carbonyl (C=O) groups is 1. The molecule has 1 aromatic heterocycles. The molecule has 6 nitrogen and oxygen atoms in total. The average molecular weight is 286 g/mol. The van der Waals surface area contributed by atoms with E-state index >= 15 is 0 Å². The van der Waals surface area contributed by atoms with E-state index in [0.29, 0.717) is 0 Å². The molecule has 100 valence electrons. The zero-order valence-corrected chi connectivity index (χ0v) is 11.1. The van der Waals surface area contributed by atoms with Gasteiger partial charge in [0, 0.05) is 6.08 Å². The van der Waals surface area contributed by atoms with Crippen LogP contribution < -0.4 is 11.0 Å². The van der Waals surface area contributed by atoms with Crippen molar-refractivity contribution in [2.24, 2.45) is 0 Å². The number of nitrogens with zero attached hydrogens (tertiary/aromatic N) is 2. The predicted molar refractivity (Wildman–Crippen MR) is 77.0 cm³/mol. The van der Waals surface area contributed by atoms with Gasteiger partial charge in [0.1, 0.15) is 6.20 Å². The Hall–Kier alpha value is -2.76. The first-order chi connectivity index (χ1) is 9.66. The highest BCUT2D eigenvalue weighted by Gasteiger charge is 2.00. The monoisotopic (exact) mass is 286 g/mol. The fraction of sp³-hybridized carbons (Fsp3) is 0. The average Bonchev–Trinajstić information content (AvgIpc) is 2.44. The van der Waals surface area contributed by atoms with E-state index in [-0.39, 0.29) is 4.77 Å². The van der Waals surface area contributed by atoms with E-state index in [1.54, 1.807) is 6.08 Å². The summed E-state index contributed by atoms with van der Waals surface area (Å²) >= 11 is 4.84. The third-order valence-corrected chi connectivity index (χ3v) is 2.52.